The number of aromatic carboxylic acids is 1. The van der Waals surface area contributed by atoms with Gasteiger partial charge in [-0.1, -0.05) is 12.1 Å². The summed E-state index contributed by atoms with van der Waals surface area (Å²) in [6, 6.07) is 12.1. The van der Waals surface area contributed by atoms with Gasteiger partial charge in [-0.15, -0.1) is 0 Å². The average Bonchev–Trinajstić information content (AvgIpc) is 2.73. The fourth-order valence-corrected chi connectivity index (χ4v) is 4.48. The molecule has 1 N–H and O–H groups in total. The van der Waals surface area contributed by atoms with Crippen LogP contribution in [0.3, 0.4) is 0 Å². The molecule has 0 aromatic heterocycles. The van der Waals surface area contributed by atoms with E-state index in [1.165, 1.54) is 40.6 Å². The Labute approximate surface area is 163 Å². The maximum Gasteiger partial charge on any atom is 0.336 e. The van der Waals surface area contributed by atoms with Gasteiger partial charge in [0, 0.05) is 26.2 Å². The summed E-state index contributed by atoms with van der Waals surface area (Å²) < 4.78 is 31.9. The van der Waals surface area contributed by atoms with E-state index >= 15 is 0 Å². The molecule has 2 aromatic rings. The number of carbonyl (C=O) groups is 2. The lowest BCUT2D eigenvalue weighted by Crippen LogP contribution is -2.50. The van der Waals surface area contributed by atoms with Crippen LogP contribution in [-0.4, -0.2) is 67.9 Å². The van der Waals surface area contributed by atoms with E-state index in [1.807, 2.05) is 0 Å². The van der Waals surface area contributed by atoms with Gasteiger partial charge in [0.2, 0.25) is 10.0 Å². The van der Waals surface area contributed by atoms with Crippen molar-refractivity contribution in [3.63, 3.8) is 0 Å². The number of benzene rings is 2. The summed E-state index contributed by atoms with van der Waals surface area (Å²) in [5.74, 6) is -1.03. The number of nitrogens with zero attached hydrogens (tertiary/aromatic N) is 2. The monoisotopic (exact) mass is 404 g/mol. The molecule has 9 heteroatoms. The number of piperazine rings is 1. The number of hydrogen-bond acceptors (Lipinski definition) is 5. The van der Waals surface area contributed by atoms with E-state index in [1.54, 1.807) is 24.3 Å². The molecule has 148 valence electrons. The van der Waals surface area contributed by atoms with Crippen molar-refractivity contribution in [3.8, 4) is 5.75 Å². The molecular weight excluding hydrogens is 384 g/mol. The molecule has 1 amide bonds. The minimum absolute atomic E-state index is 0.0687. The van der Waals surface area contributed by atoms with Crippen molar-refractivity contribution in [2.75, 3.05) is 33.3 Å². The molecule has 28 heavy (non-hydrogen) atoms. The molecule has 0 bridgehead atoms. The van der Waals surface area contributed by atoms with Gasteiger partial charge in [-0.2, -0.15) is 4.31 Å². The molecule has 0 spiro atoms. The minimum atomic E-state index is -3.68. The molecule has 2 aromatic carbocycles. The standard InChI is InChI=1S/C19H20N2O6S/c1-27-14-6-8-15(9-7-14)28(25,26)21-12-10-20(11-13-21)18(22)16-4-2-3-5-17(16)19(23)24/h2-9H,10-13H2,1H3,(H,23,24). The number of carboxylic acids is 1. The number of rotatable bonds is 5. The van der Waals surface area contributed by atoms with Gasteiger partial charge in [0.15, 0.2) is 0 Å². The van der Waals surface area contributed by atoms with Gasteiger partial charge < -0.3 is 14.7 Å². The van der Waals surface area contributed by atoms with Crippen LogP contribution < -0.4 is 4.74 Å². The molecule has 1 aliphatic rings. The maximum absolute atomic E-state index is 12.8. The first-order chi connectivity index (χ1) is 13.3. The quantitative estimate of drug-likeness (QED) is 0.811. The van der Waals surface area contributed by atoms with Gasteiger partial charge >= 0.3 is 5.97 Å². The first-order valence-electron chi connectivity index (χ1n) is 8.60. The second-order valence-electron chi connectivity index (χ2n) is 6.22. The van der Waals surface area contributed by atoms with Crippen molar-refractivity contribution in [3.05, 3.63) is 59.7 Å². The number of carbonyl (C=O) groups excluding carboxylic acids is 1. The predicted molar refractivity (Wildman–Crippen MR) is 101 cm³/mol. The number of sulfonamides is 1. The van der Waals surface area contributed by atoms with Crippen molar-refractivity contribution in [2.45, 2.75) is 4.90 Å². The van der Waals surface area contributed by atoms with Crippen LogP contribution >= 0.6 is 0 Å². The highest BCUT2D eigenvalue weighted by Gasteiger charge is 2.31. The second kappa shape index (κ2) is 7.99. The van der Waals surface area contributed by atoms with Crippen LogP contribution in [0.15, 0.2) is 53.4 Å². The molecule has 0 aliphatic carbocycles. The molecule has 0 atom stereocenters. The fraction of sp³-hybridized carbons (Fsp3) is 0.263. The lowest BCUT2D eigenvalue weighted by molar-refractivity contribution is 0.0656. The lowest BCUT2D eigenvalue weighted by atomic mass is 10.1. The SMILES string of the molecule is COc1ccc(S(=O)(=O)N2CCN(C(=O)c3ccccc3C(=O)O)CC2)cc1. The summed E-state index contributed by atoms with van der Waals surface area (Å²) >= 11 is 0. The number of ether oxygens (including phenoxy) is 1. The van der Waals surface area contributed by atoms with Crippen molar-refractivity contribution in [1.82, 2.24) is 9.21 Å². The highest BCUT2D eigenvalue weighted by molar-refractivity contribution is 7.89. The summed E-state index contributed by atoms with van der Waals surface area (Å²) in [6.45, 7) is 0.634. The summed E-state index contributed by atoms with van der Waals surface area (Å²) in [6.07, 6.45) is 0. The van der Waals surface area contributed by atoms with E-state index in [0.29, 0.717) is 5.75 Å². The third-order valence-corrected chi connectivity index (χ3v) is 6.52. The lowest BCUT2D eigenvalue weighted by Gasteiger charge is -2.34. The Kier molecular flexibility index (Phi) is 5.66. The van der Waals surface area contributed by atoms with Crippen molar-refractivity contribution < 1.29 is 27.9 Å². The summed E-state index contributed by atoms with van der Waals surface area (Å²) in [5, 5.41) is 9.26. The van der Waals surface area contributed by atoms with Crippen molar-refractivity contribution >= 4 is 21.9 Å². The molecule has 3 rings (SSSR count). The highest BCUT2D eigenvalue weighted by atomic mass is 32.2. The Hall–Kier alpha value is -2.91. The molecule has 0 radical (unpaired) electrons. The Morgan fingerprint density at radius 2 is 1.50 bits per heavy atom. The first kappa shape index (κ1) is 19.8. The second-order valence-corrected chi connectivity index (χ2v) is 8.16. The van der Waals surface area contributed by atoms with Gasteiger partial charge in [-0.05, 0) is 36.4 Å². The summed E-state index contributed by atoms with van der Waals surface area (Å²) in [4.78, 5) is 25.7. The van der Waals surface area contributed by atoms with E-state index in [9.17, 15) is 23.1 Å². The van der Waals surface area contributed by atoms with Gasteiger partial charge in [-0.3, -0.25) is 4.79 Å². The predicted octanol–water partition coefficient (Wildman–Crippen LogP) is 1.54. The Morgan fingerprint density at radius 3 is 2.04 bits per heavy atom. The van der Waals surface area contributed by atoms with E-state index in [4.69, 9.17) is 4.74 Å². The number of carboxylic acid groups (broad SMARTS) is 1. The molecular formula is C19H20N2O6S. The third-order valence-electron chi connectivity index (χ3n) is 4.61. The van der Waals surface area contributed by atoms with Gasteiger partial charge in [0.05, 0.1) is 23.1 Å². The van der Waals surface area contributed by atoms with E-state index in [-0.39, 0.29) is 42.2 Å². The zero-order valence-electron chi connectivity index (χ0n) is 15.2. The van der Waals surface area contributed by atoms with E-state index < -0.39 is 21.9 Å². The Morgan fingerprint density at radius 1 is 0.929 bits per heavy atom. The topological polar surface area (TPSA) is 104 Å². The maximum atomic E-state index is 12.8. The van der Waals surface area contributed by atoms with Crippen molar-refractivity contribution in [2.24, 2.45) is 0 Å². The highest BCUT2D eigenvalue weighted by Crippen LogP contribution is 2.21. The van der Waals surface area contributed by atoms with Crippen LogP contribution in [0.2, 0.25) is 0 Å². The molecule has 0 saturated carbocycles. The van der Waals surface area contributed by atoms with Crippen LogP contribution in [0.5, 0.6) is 5.75 Å². The average molecular weight is 404 g/mol. The molecule has 0 unspecified atom stereocenters. The third kappa shape index (κ3) is 3.85. The van der Waals surface area contributed by atoms with Gasteiger partial charge in [0.1, 0.15) is 5.75 Å². The zero-order valence-corrected chi connectivity index (χ0v) is 16.1. The Bertz CT molecular complexity index is 980. The van der Waals surface area contributed by atoms with Crippen LogP contribution in [0.4, 0.5) is 0 Å². The zero-order chi connectivity index (χ0) is 20.3. The molecule has 8 nitrogen and oxygen atoms in total. The molecule has 1 saturated heterocycles. The van der Waals surface area contributed by atoms with Crippen LogP contribution in [0.25, 0.3) is 0 Å². The smallest absolute Gasteiger partial charge is 0.336 e. The number of amides is 1. The van der Waals surface area contributed by atoms with Gasteiger partial charge in [0.25, 0.3) is 5.91 Å². The van der Waals surface area contributed by atoms with Crippen molar-refractivity contribution in [1.29, 1.82) is 0 Å². The van der Waals surface area contributed by atoms with Crippen LogP contribution in [-0.2, 0) is 10.0 Å². The molecule has 1 fully saturated rings. The number of hydrogen-bond donors (Lipinski definition) is 1. The molecule has 1 aliphatic heterocycles. The normalized spacial score (nSPS) is 15.2. The van der Waals surface area contributed by atoms with Crippen LogP contribution in [0.1, 0.15) is 20.7 Å². The van der Waals surface area contributed by atoms with Crippen LogP contribution in [0, 0.1) is 0 Å². The van der Waals surface area contributed by atoms with E-state index in [0.717, 1.165) is 0 Å². The molecule has 1 heterocycles. The first-order valence-corrected chi connectivity index (χ1v) is 10.0. The largest absolute Gasteiger partial charge is 0.497 e. The minimum Gasteiger partial charge on any atom is -0.497 e. The summed E-state index contributed by atoms with van der Waals surface area (Å²) in [5.41, 5.74) is 0.0299. The van der Waals surface area contributed by atoms with E-state index in [2.05, 4.69) is 0 Å². The summed E-state index contributed by atoms with van der Waals surface area (Å²) in [7, 11) is -2.17. The van der Waals surface area contributed by atoms with Gasteiger partial charge in [-0.25, -0.2) is 13.2 Å². The fourth-order valence-electron chi connectivity index (χ4n) is 3.05. The number of methoxy groups -OCH3 is 1. The Balaban J connectivity index is 1.72.